The first kappa shape index (κ1) is 15.4. The fraction of sp³-hybridized carbons (Fsp3) is 0.467. The average molecular weight is 281 g/mol. The van der Waals surface area contributed by atoms with Gasteiger partial charge in [-0.2, -0.15) is 0 Å². The highest BCUT2D eigenvalue weighted by Crippen LogP contribution is 2.30. The maximum atomic E-state index is 12.5. The minimum atomic E-state index is -1.53. The smallest absolute Gasteiger partial charge is 0.0966 e. The normalized spacial score (nSPS) is 13.3. The van der Waals surface area contributed by atoms with E-state index in [1.54, 1.807) is 0 Å². The molecule has 0 aliphatic rings. The van der Waals surface area contributed by atoms with Crippen LogP contribution in [0.4, 0.5) is 0 Å². The predicted octanol–water partition coefficient (Wildman–Crippen LogP) is 4.50. The molecule has 0 aliphatic heterocycles. The maximum Gasteiger partial charge on any atom is 0.0966 e. The van der Waals surface area contributed by atoms with E-state index in [9.17, 15) is 4.21 Å². The second kappa shape index (κ2) is 7.05. The SMILES string of the molecule is C=C(S(=O)Cc1ccccc1)[Si](CC)(CC)CC. The molecule has 0 heterocycles. The maximum absolute atomic E-state index is 12.5. The zero-order chi connectivity index (χ0) is 13.6. The molecule has 0 fully saturated rings. The molecule has 0 aliphatic carbocycles. The fourth-order valence-electron chi connectivity index (χ4n) is 2.40. The molecule has 1 rings (SSSR count). The van der Waals surface area contributed by atoms with Gasteiger partial charge in [-0.3, -0.25) is 4.21 Å². The number of benzene rings is 1. The molecule has 0 spiro atoms. The number of hydrogen-bond acceptors (Lipinski definition) is 1. The molecule has 0 saturated heterocycles. The zero-order valence-corrected chi connectivity index (χ0v) is 13.6. The summed E-state index contributed by atoms with van der Waals surface area (Å²) in [5.74, 6) is 0.619. The van der Waals surface area contributed by atoms with Crippen molar-refractivity contribution in [3.05, 3.63) is 47.0 Å². The molecular formula is C15H24OSSi. The molecule has 18 heavy (non-hydrogen) atoms. The quantitative estimate of drug-likeness (QED) is 0.672. The highest BCUT2D eigenvalue weighted by Gasteiger charge is 2.33. The van der Waals surface area contributed by atoms with Gasteiger partial charge in [-0.1, -0.05) is 75.8 Å². The molecule has 0 radical (unpaired) electrons. The van der Waals surface area contributed by atoms with Crippen LogP contribution in [0.2, 0.25) is 18.1 Å². The van der Waals surface area contributed by atoms with Gasteiger partial charge >= 0.3 is 0 Å². The van der Waals surface area contributed by atoms with Crippen molar-refractivity contribution < 1.29 is 4.21 Å². The Hall–Kier alpha value is -0.673. The fourth-order valence-corrected chi connectivity index (χ4v) is 9.20. The Labute approximate surface area is 115 Å². The van der Waals surface area contributed by atoms with Crippen molar-refractivity contribution in [3.8, 4) is 0 Å². The van der Waals surface area contributed by atoms with Crippen LogP contribution >= 0.6 is 0 Å². The van der Waals surface area contributed by atoms with E-state index in [-0.39, 0.29) is 0 Å². The van der Waals surface area contributed by atoms with Gasteiger partial charge < -0.3 is 0 Å². The summed E-state index contributed by atoms with van der Waals surface area (Å²) in [6, 6.07) is 13.5. The summed E-state index contributed by atoms with van der Waals surface area (Å²) in [7, 11) is -2.45. The van der Waals surface area contributed by atoms with E-state index in [4.69, 9.17) is 0 Å². The van der Waals surface area contributed by atoms with Crippen LogP contribution in [0, 0.1) is 0 Å². The van der Waals surface area contributed by atoms with Crippen molar-refractivity contribution in [1.29, 1.82) is 0 Å². The van der Waals surface area contributed by atoms with Crippen molar-refractivity contribution >= 4 is 18.9 Å². The van der Waals surface area contributed by atoms with E-state index >= 15 is 0 Å². The Morgan fingerprint density at radius 1 is 1.11 bits per heavy atom. The van der Waals surface area contributed by atoms with Gasteiger partial charge in [0.25, 0.3) is 0 Å². The highest BCUT2D eigenvalue weighted by molar-refractivity contribution is 7.91. The zero-order valence-electron chi connectivity index (χ0n) is 11.7. The standard InChI is InChI=1S/C15H24OSSi/c1-5-18(6-2,7-3)14(4)17(16)13-15-11-9-8-10-12-15/h8-12H,4-7,13H2,1-3H3. The van der Waals surface area contributed by atoms with Crippen LogP contribution in [0.25, 0.3) is 0 Å². The lowest BCUT2D eigenvalue weighted by Gasteiger charge is -2.29. The summed E-state index contributed by atoms with van der Waals surface area (Å²) in [4.78, 5) is 0. The van der Waals surface area contributed by atoms with Gasteiger partial charge in [0.1, 0.15) is 0 Å². The molecule has 1 nitrogen and oxygen atoms in total. The van der Waals surface area contributed by atoms with Crippen molar-refractivity contribution in [2.75, 3.05) is 0 Å². The second-order valence-electron chi connectivity index (χ2n) is 4.74. The third-order valence-corrected chi connectivity index (χ3v) is 12.4. The van der Waals surface area contributed by atoms with Crippen LogP contribution in [-0.2, 0) is 16.6 Å². The van der Waals surface area contributed by atoms with Crippen LogP contribution in [0.1, 0.15) is 26.3 Å². The van der Waals surface area contributed by atoms with Crippen molar-refractivity contribution in [1.82, 2.24) is 0 Å². The molecule has 0 saturated carbocycles. The largest absolute Gasteiger partial charge is 0.255 e. The lowest BCUT2D eigenvalue weighted by molar-refractivity contribution is 0.687. The topological polar surface area (TPSA) is 17.1 Å². The van der Waals surface area contributed by atoms with Gasteiger partial charge in [-0.15, -0.1) is 0 Å². The lowest BCUT2D eigenvalue weighted by atomic mass is 10.2. The third kappa shape index (κ3) is 3.42. The summed E-state index contributed by atoms with van der Waals surface area (Å²) >= 11 is 0. The van der Waals surface area contributed by atoms with Gasteiger partial charge in [-0.25, -0.2) is 0 Å². The Morgan fingerprint density at radius 2 is 1.61 bits per heavy atom. The Morgan fingerprint density at radius 3 is 2.06 bits per heavy atom. The van der Waals surface area contributed by atoms with E-state index in [2.05, 4.69) is 27.4 Å². The summed E-state index contributed by atoms with van der Waals surface area (Å²) < 4.78 is 13.5. The number of hydrogen-bond donors (Lipinski definition) is 0. The molecule has 1 aromatic carbocycles. The first-order valence-electron chi connectivity index (χ1n) is 6.71. The Balaban J connectivity index is 2.81. The first-order valence-corrected chi connectivity index (χ1v) is 10.6. The van der Waals surface area contributed by atoms with Gasteiger partial charge in [0, 0.05) is 10.8 Å². The van der Waals surface area contributed by atoms with Gasteiger partial charge in [0.15, 0.2) is 0 Å². The number of rotatable bonds is 7. The molecule has 3 heteroatoms. The van der Waals surface area contributed by atoms with E-state index in [1.165, 1.54) is 0 Å². The molecule has 1 atom stereocenters. The van der Waals surface area contributed by atoms with Crippen molar-refractivity contribution in [2.45, 2.75) is 44.7 Å². The molecule has 1 unspecified atom stereocenters. The highest BCUT2D eigenvalue weighted by atomic mass is 32.2. The molecule has 1 aromatic rings. The molecule has 100 valence electrons. The van der Waals surface area contributed by atoms with E-state index in [1.807, 2.05) is 30.3 Å². The lowest BCUT2D eigenvalue weighted by Crippen LogP contribution is -2.36. The Bertz CT molecular complexity index is 401. The minimum absolute atomic E-state index is 0.619. The minimum Gasteiger partial charge on any atom is -0.255 e. The van der Waals surface area contributed by atoms with E-state index in [0.29, 0.717) is 5.75 Å². The van der Waals surface area contributed by atoms with E-state index in [0.717, 1.165) is 28.2 Å². The van der Waals surface area contributed by atoms with Crippen LogP contribution in [0.3, 0.4) is 0 Å². The average Bonchev–Trinajstić information content (AvgIpc) is 2.42. The van der Waals surface area contributed by atoms with Gasteiger partial charge in [0.2, 0.25) is 0 Å². The van der Waals surface area contributed by atoms with Crippen LogP contribution < -0.4 is 0 Å². The Kier molecular flexibility index (Phi) is 6.02. The predicted molar refractivity (Wildman–Crippen MR) is 84.6 cm³/mol. The summed E-state index contributed by atoms with van der Waals surface area (Å²) in [5, 5.41) is 0. The summed E-state index contributed by atoms with van der Waals surface area (Å²) in [6.45, 7) is 10.9. The molecular weight excluding hydrogens is 256 g/mol. The monoisotopic (exact) mass is 280 g/mol. The van der Waals surface area contributed by atoms with Crippen LogP contribution in [0.15, 0.2) is 41.4 Å². The molecule has 0 bridgehead atoms. The molecule has 0 amide bonds. The summed E-state index contributed by atoms with van der Waals surface area (Å²) in [5.41, 5.74) is 1.14. The molecule has 0 N–H and O–H groups in total. The third-order valence-electron chi connectivity index (χ3n) is 4.04. The van der Waals surface area contributed by atoms with Gasteiger partial charge in [-0.05, 0) is 10.1 Å². The van der Waals surface area contributed by atoms with Crippen LogP contribution in [0.5, 0.6) is 0 Å². The van der Waals surface area contributed by atoms with Crippen molar-refractivity contribution in [2.24, 2.45) is 0 Å². The first-order chi connectivity index (χ1) is 8.59. The second-order valence-corrected chi connectivity index (χ2v) is 11.9. The van der Waals surface area contributed by atoms with Crippen molar-refractivity contribution in [3.63, 3.8) is 0 Å². The van der Waals surface area contributed by atoms with Crippen LogP contribution in [-0.4, -0.2) is 12.3 Å². The summed E-state index contributed by atoms with van der Waals surface area (Å²) in [6.07, 6.45) is 0. The molecule has 0 aromatic heterocycles. The van der Waals surface area contributed by atoms with E-state index < -0.39 is 18.9 Å². The van der Waals surface area contributed by atoms with Gasteiger partial charge in [0.05, 0.1) is 13.8 Å².